The molecule has 0 aliphatic carbocycles. The van der Waals surface area contributed by atoms with E-state index >= 15 is 0 Å². The molecule has 4 heteroatoms. The van der Waals surface area contributed by atoms with Crippen molar-refractivity contribution in [2.24, 2.45) is 5.92 Å². The molecule has 1 radical (unpaired) electrons. The van der Waals surface area contributed by atoms with E-state index in [0.717, 1.165) is 17.7 Å². The van der Waals surface area contributed by atoms with Crippen molar-refractivity contribution in [2.45, 2.75) is 39.9 Å². The van der Waals surface area contributed by atoms with Gasteiger partial charge in [-0.2, -0.15) is 0 Å². The van der Waals surface area contributed by atoms with Crippen LogP contribution in [0, 0.1) is 17.8 Å². The van der Waals surface area contributed by atoms with Crippen LogP contribution in [-0.2, 0) is 26.5 Å². The summed E-state index contributed by atoms with van der Waals surface area (Å²) in [6.07, 6.45) is 3.08. The van der Waals surface area contributed by atoms with Gasteiger partial charge in [0.1, 0.15) is 0 Å². The van der Waals surface area contributed by atoms with Crippen molar-refractivity contribution in [3.63, 3.8) is 0 Å². The molecule has 0 atom stereocenters. The summed E-state index contributed by atoms with van der Waals surface area (Å²) < 4.78 is 13.0. The summed E-state index contributed by atoms with van der Waals surface area (Å²) in [5.74, 6) is 0.340. The number of rotatable bonds is 4. The molecular weight excluding hydrogens is 470 g/mol. The van der Waals surface area contributed by atoms with Crippen molar-refractivity contribution in [1.29, 1.82) is 0 Å². The maximum Gasteiger partial charge on any atom is 0.0798 e. The number of halogens is 1. The van der Waals surface area contributed by atoms with Gasteiger partial charge in [0.2, 0.25) is 0 Å². The first-order chi connectivity index (χ1) is 9.77. The smallest absolute Gasteiger partial charge is 0.0798 e. The van der Waals surface area contributed by atoms with E-state index in [1.165, 1.54) is 22.9 Å². The molecule has 0 spiro atoms. The van der Waals surface area contributed by atoms with Gasteiger partial charge in [-0.1, -0.05) is 45.1 Å². The zero-order chi connectivity index (χ0) is 15.6. The third-order valence-corrected chi connectivity index (χ3v) is 5.54. The molecule has 22 heavy (non-hydrogen) atoms. The van der Waals surface area contributed by atoms with Crippen LogP contribution < -0.4 is 5.19 Å². The van der Waals surface area contributed by atoms with Gasteiger partial charge in [0.25, 0.3) is 0 Å². The number of benzene rings is 1. The number of pyridine rings is 1. The number of aromatic nitrogens is 1. The minimum Gasteiger partial charge on any atom is -0.305 e. The molecule has 0 saturated heterocycles. The van der Waals surface area contributed by atoms with Crippen molar-refractivity contribution in [3.05, 3.63) is 47.9 Å². The van der Waals surface area contributed by atoms with Crippen LogP contribution in [-0.4, -0.2) is 13.1 Å². The summed E-state index contributed by atoms with van der Waals surface area (Å²) in [7, 11) is -1.41. The average Bonchev–Trinajstić information content (AvgIpc) is 2.37. The van der Waals surface area contributed by atoms with Gasteiger partial charge in [-0.25, -0.2) is 0 Å². The fourth-order valence-corrected chi connectivity index (χ4v) is 4.08. The van der Waals surface area contributed by atoms with Gasteiger partial charge in [-0.15, -0.1) is 29.8 Å². The van der Waals surface area contributed by atoms with Gasteiger partial charge >= 0.3 is 0 Å². The van der Waals surface area contributed by atoms with Gasteiger partial charge in [0.05, 0.1) is 8.07 Å². The van der Waals surface area contributed by atoms with E-state index in [4.69, 9.17) is 0 Å². The molecule has 1 nitrogen and oxygen atoms in total. The van der Waals surface area contributed by atoms with Crippen LogP contribution >= 0.6 is 0 Å². The normalized spacial score (nSPS) is 11.4. The number of nitrogens with zero attached hydrogens (tertiary/aromatic N) is 1. The first kappa shape index (κ1) is 19.2. The van der Waals surface area contributed by atoms with Crippen LogP contribution in [0.1, 0.15) is 19.4 Å². The molecule has 0 amide bonds. The Balaban J connectivity index is 0.00000242. The van der Waals surface area contributed by atoms with Crippen LogP contribution in [0.5, 0.6) is 0 Å². The number of hydrogen-bond donors (Lipinski definition) is 0. The first-order valence-electron chi connectivity index (χ1n) is 7.44. The topological polar surface area (TPSA) is 12.9 Å². The predicted molar refractivity (Wildman–Crippen MR) is 90.0 cm³/mol. The Morgan fingerprint density at radius 3 is 2.41 bits per heavy atom. The van der Waals surface area contributed by atoms with E-state index in [1.54, 1.807) is 6.07 Å². The second kappa shape index (κ2) is 7.63. The molecule has 0 N–H and O–H groups in total. The molecule has 0 unspecified atom stereocenters. The summed E-state index contributed by atoms with van der Waals surface area (Å²) >= 11 is 0. The summed E-state index contributed by atoms with van der Waals surface area (Å²) in [6, 6.07) is 9.70. The van der Waals surface area contributed by atoms with E-state index in [2.05, 4.69) is 50.6 Å². The largest absolute Gasteiger partial charge is 0.305 e. The SMILES string of the molecule is CC(C)Cc1cc(-c2[c-]cc(F)cc2)ncc1[Si](C)(C)C.[Ir]. The summed E-state index contributed by atoms with van der Waals surface area (Å²) in [6.45, 7) is 11.5. The Kier molecular flexibility index (Phi) is 6.66. The third kappa shape index (κ3) is 4.84. The van der Waals surface area contributed by atoms with E-state index in [9.17, 15) is 4.39 Å². The standard InChI is InChI=1S/C18H23FNSi.Ir/c1-13(2)10-15-11-17(14-6-8-16(19)9-7-14)20-12-18(15)21(3,4)5;/h6,8-9,11-13H,10H2,1-5H3;/q-1;. The predicted octanol–water partition coefficient (Wildman–Crippen LogP) is 4.43. The van der Waals surface area contributed by atoms with Gasteiger partial charge in [-0.05, 0) is 23.2 Å². The van der Waals surface area contributed by atoms with E-state index in [0.29, 0.717) is 5.92 Å². The van der Waals surface area contributed by atoms with Gasteiger partial charge in [-0.3, -0.25) is 4.39 Å². The number of hydrogen-bond acceptors (Lipinski definition) is 1. The van der Waals surface area contributed by atoms with Crippen LogP contribution in [0.3, 0.4) is 0 Å². The third-order valence-electron chi connectivity index (χ3n) is 3.48. The Bertz CT molecular complexity index is 618. The van der Waals surface area contributed by atoms with Gasteiger partial charge < -0.3 is 4.98 Å². The van der Waals surface area contributed by atoms with Crippen LogP contribution in [0.25, 0.3) is 11.3 Å². The second-order valence-corrected chi connectivity index (χ2v) is 12.0. The Morgan fingerprint density at radius 2 is 1.91 bits per heavy atom. The fourth-order valence-electron chi connectivity index (χ4n) is 2.49. The fraction of sp³-hybridized carbons (Fsp3) is 0.389. The molecular formula is C18H23FIrNSi-. The molecule has 0 bridgehead atoms. The Morgan fingerprint density at radius 1 is 1.23 bits per heavy atom. The molecule has 1 aromatic heterocycles. The van der Waals surface area contributed by atoms with E-state index in [-0.39, 0.29) is 25.9 Å². The quantitative estimate of drug-likeness (QED) is 0.455. The average molecular weight is 493 g/mol. The zero-order valence-electron chi connectivity index (χ0n) is 13.8. The van der Waals surface area contributed by atoms with E-state index in [1.807, 2.05) is 6.20 Å². The molecule has 0 saturated carbocycles. The molecule has 2 rings (SSSR count). The molecule has 1 aromatic carbocycles. The van der Waals surface area contributed by atoms with Crippen LogP contribution in [0.15, 0.2) is 30.5 Å². The van der Waals surface area contributed by atoms with E-state index < -0.39 is 8.07 Å². The first-order valence-corrected chi connectivity index (χ1v) is 10.9. The minimum absolute atomic E-state index is 0. The zero-order valence-corrected chi connectivity index (χ0v) is 17.2. The van der Waals surface area contributed by atoms with Gasteiger partial charge in [0.15, 0.2) is 0 Å². The molecule has 2 aromatic rings. The van der Waals surface area contributed by atoms with Crippen LogP contribution in [0.4, 0.5) is 4.39 Å². The van der Waals surface area contributed by atoms with Crippen molar-refractivity contribution < 1.29 is 24.5 Å². The molecule has 121 valence electrons. The molecule has 0 fully saturated rings. The van der Waals surface area contributed by atoms with Crippen molar-refractivity contribution in [3.8, 4) is 11.3 Å². The summed E-state index contributed by atoms with van der Waals surface area (Å²) in [4.78, 5) is 4.59. The molecule has 0 aliphatic heterocycles. The summed E-state index contributed by atoms with van der Waals surface area (Å²) in [5.41, 5.74) is 3.11. The minimum atomic E-state index is -1.41. The van der Waals surface area contributed by atoms with Crippen molar-refractivity contribution in [2.75, 3.05) is 0 Å². The Hall–Kier alpha value is -0.834. The summed E-state index contributed by atoms with van der Waals surface area (Å²) in [5, 5.41) is 1.42. The van der Waals surface area contributed by atoms with Gasteiger partial charge in [0, 0.05) is 32.1 Å². The van der Waals surface area contributed by atoms with Crippen molar-refractivity contribution in [1.82, 2.24) is 4.98 Å². The second-order valence-electron chi connectivity index (χ2n) is 7.00. The van der Waals surface area contributed by atoms with Crippen molar-refractivity contribution >= 4 is 13.3 Å². The monoisotopic (exact) mass is 493 g/mol. The maximum atomic E-state index is 13.0. The Labute approximate surface area is 147 Å². The molecule has 0 aliphatic rings. The molecule has 1 heterocycles. The van der Waals surface area contributed by atoms with Crippen LogP contribution in [0.2, 0.25) is 19.6 Å². The maximum absolute atomic E-state index is 13.0.